The summed E-state index contributed by atoms with van der Waals surface area (Å²) in [5.41, 5.74) is 2.35. The summed E-state index contributed by atoms with van der Waals surface area (Å²) in [7, 11) is 1.83. The van der Waals surface area contributed by atoms with Crippen LogP contribution in [-0.2, 0) is 4.79 Å². The van der Waals surface area contributed by atoms with E-state index in [4.69, 9.17) is 0 Å². The van der Waals surface area contributed by atoms with Crippen LogP contribution in [0, 0.1) is 12.8 Å². The average Bonchev–Trinajstić information content (AvgIpc) is 3.02. The van der Waals surface area contributed by atoms with Gasteiger partial charge in [-0.2, -0.15) is 0 Å². The Bertz CT molecular complexity index is 570. The highest BCUT2D eigenvalue weighted by atomic mass is 16.2. The smallest absolute Gasteiger partial charge is 0.317 e. The number of amides is 3. The van der Waals surface area contributed by atoms with Crippen molar-refractivity contribution in [1.82, 2.24) is 15.1 Å². The van der Waals surface area contributed by atoms with E-state index in [2.05, 4.69) is 43.4 Å². The van der Waals surface area contributed by atoms with E-state index >= 15 is 0 Å². The van der Waals surface area contributed by atoms with Gasteiger partial charge in [-0.1, -0.05) is 36.8 Å². The molecule has 2 rings (SSSR count). The summed E-state index contributed by atoms with van der Waals surface area (Å²) in [5.74, 6) is 0.485. The molecule has 1 saturated heterocycles. The fourth-order valence-corrected chi connectivity index (χ4v) is 3.22. The van der Waals surface area contributed by atoms with Crippen LogP contribution in [0.1, 0.15) is 43.9 Å². The summed E-state index contributed by atoms with van der Waals surface area (Å²) in [4.78, 5) is 27.5. The van der Waals surface area contributed by atoms with Crippen molar-refractivity contribution in [1.29, 1.82) is 0 Å². The summed E-state index contributed by atoms with van der Waals surface area (Å²) in [6.07, 6.45) is 1.82. The molecule has 0 aliphatic carbocycles. The zero-order valence-electron chi connectivity index (χ0n) is 15.2. The van der Waals surface area contributed by atoms with E-state index in [9.17, 15) is 9.59 Å². The number of urea groups is 1. The van der Waals surface area contributed by atoms with Gasteiger partial charge in [-0.05, 0) is 31.2 Å². The van der Waals surface area contributed by atoms with Crippen molar-refractivity contribution in [2.45, 2.75) is 39.7 Å². The molecule has 5 heteroatoms. The van der Waals surface area contributed by atoms with Gasteiger partial charge >= 0.3 is 6.03 Å². The Labute approximate surface area is 145 Å². The van der Waals surface area contributed by atoms with Crippen LogP contribution in [0.25, 0.3) is 0 Å². The van der Waals surface area contributed by atoms with E-state index in [1.807, 2.05) is 11.9 Å². The number of nitrogens with zero attached hydrogens (tertiary/aromatic N) is 2. The predicted molar refractivity (Wildman–Crippen MR) is 95.7 cm³/mol. The lowest BCUT2D eigenvalue weighted by Gasteiger charge is -2.25. The van der Waals surface area contributed by atoms with Crippen LogP contribution in [0.2, 0.25) is 0 Å². The molecule has 0 saturated carbocycles. The molecule has 1 aliphatic rings. The van der Waals surface area contributed by atoms with Gasteiger partial charge in [-0.25, -0.2) is 4.79 Å². The molecular formula is C19H29N3O2. The molecule has 1 aromatic rings. The minimum absolute atomic E-state index is 0.0258. The maximum absolute atomic E-state index is 12.5. The van der Waals surface area contributed by atoms with Gasteiger partial charge in [0.05, 0.1) is 6.04 Å². The van der Waals surface area contributed by atoms with Crippen LogP contribution in [0.4, 0.5) is 4.79 Å². The maximum Gasteiger partial charge on any atom is 0.317 e. The highest BCUT2D eigenvalue weighted by molar-refractivity contribution is 5.75. The lowest BCUT2D eigenvalue weighted by Crippen LogP contribution is -2.42. The maximum atomic E-state index is 12.5. The first-order chi connectivity index (χ1) is 11.4. The first kappa shape index (κ1) is 18.3. The minimum Gasteiger partial charge on any atom is -0.343 e. The highest BCUT2D eigenvalue weighted by Crippen LogP contribution is 2.19. The normalized spacial score (nSPS) is 18.3. The largest absolute Gasteiger partial charge is 0.343 e. The number of benzene rings is 1. The summed E-state index contributed by atoms with van der Waals surface area (Å²) >= 11 is 0. The number of hydrogen-bond donors (Lipinski definition) is 1. The topological polar surface area (TPSA) is 52.7 Å². The van der Waals surface area contributed by atoms with E-state index in [-0.39, 0.29) is 18.0 Å². The molecule has 0 aromatic heterocycles. The zero-order chi connectivity index (χ0) is 17.7. The second-order valence-corrected chi connectivity index (χ2v) is 6.82. The van der Waals surface area contributed by atoms with Crippen molar-refractivity contribution in [2.24, 2.45) is 5.92 Å². The predicted octanol–water partition coefficient (Wildman–Crippen LogP) is 2.96. The molecule has 0 radical (unpaired) electrons. The SMILES string of the molecule is CC[C@H](NC(=O)N(C)C[C@H]1CCN(C(C)=O)C1)c1ccc(C)cc1. The van der Waals surface area contributed by atoms with Crippen molar-refractivity contribution in [2.75, 3.05) is 26.7 Å². The average molecular weight is 331 g/mol. The number of carbonyl (C=O) groups excluding carboxylic acids is 2. The van der Waals surface area contributed by atoms with Crippen molar-refractivity contribution < 1.29 is 9.59 Å². The van der Waals surface area contributed by atoms with E-state index in [0.29, 0.717) is 12.5 Å². The Morgan fingerprint density at radius 3 is 2.54 bits per heavy atom. The third kappa shape index (κ3) is 4.73. The number of carbonyl (C=O) groups is 2. The van der Waals surface area contributed by atoms with Crippen LogP contribution in [0.3, 0.4) is 0 Å². The van der Waals surface area contributed by atoms with Crippen molar-refractivity contribution >= 4 is 11.9 Å². The van der Waals surface area contributed by atoms with Gasteiger partial charge in [-0.15, -0.1) is 0 Å². The van der Waals surface area contributed by atoms with Crippen molar-refractivity contribution in [3.63, 3.8) is 0 Å². The fraction of sp³-hybridized carbons (Fsp3) is 0.579. The Kier molecular flexibility index (Phi) is 6.23. The molecule has 0 unspecified atom stereocenters. The molecule has 1 heterocycles. The van der Waals surface area contributed by atoms with Gasteiger partial charge in [0, 0.05) is 33.6 Å². The number of aryl methyl sites for hydroxylation is 1. The van der Waals surface area contributed by atoms with E-state index < -0.39 is 0 Å². The lowest BCUT2D eigenvalue weighted by atomic mass is 10.0. The molecule has 1 aliphatic heterocycles. The van der Waals surface area contributed by atoms with Gasteiger partial charge in [0.2, 0.25) is 5.91 Å². The van der Waals surface area contributed by atoms with Gasteiger partial charge < -0.3 is 15.1 Å². The summed E-state index contributed by atoms with van der Waals surface area (Å²) in [6, 6.07) is 8.27. The number of likely N-dealkylation sites (tertiary alicyclic amines) is 1. The third-order valence-electron chi connectivity index (χ3n) is 4.80. The highest BCUT2D eigenvalue weighted by Gasteiger charge is 2.26. The minimum atomic E-state index is -0.0521. The molecule has 24 heavy (non-hydrogen) atoms. The second-order valence-electron chi connectivity index (χ2n) is 6.82. The van der Waals surface area contributed by atoms with Crippen molar-refractivity contribution in [3.05, 3.63) is 35.4 Å². The number of hydrogen-bond acceptors (Lipinski definition) is 2. The van der Waals surface area contributed by atoms with Gasteiger partial charge in [-0.3, -0.25) is 4.79 Å². The van der Waals surface area contributed by atoms with E-state index in [1.54, 1.807) is 11.8 Å². The Morgan fingerprint density at radius 1 is 1.33 bits per heavy atom. The molecule has 2 atom stereocenters. The molecule has 0 spiro atoms. The van der Waals surface area contributed by atoms with Gasteiger partial charge in [0.1, 0.15) is 0 Å². The lowest BCUT2D eigenvalue weighted by molar-refractivity contribution is -0.127. The zero-order valence-corrected chi connectivity index (χ0v) is 15.2. The molecule has 0 bridgehead atoms. The van der Waals surface area contributed by atoms with Crippen LogP contribution in [0.15, 0.2) is 24.3 Å². The standard InChI is InChI=1S/C19H29N3O2/c1-5-18(17-8-6-14(2)7-9-17)20-19(24)21(4)12-16-10-11-22(13-16)15(3)23/h6-9,16,18H,5,10-13H2,1-4H3,(H,20,24)/t16-,18+/m1/s1. The Balaban J connectivity index is 1.88. The van der Waals surface area contributed by atoms with Crippen LogP contribution in [0.5, 0.6) is 0 Å². The summed E-state index contributed by atoms with van der Waals surface area (Å²) < 4.78 is 0. The molecule has 1 N–H and O–H groups in total. The molecule has 1 aromatic carbocycles. The molecule has 5 nitrogen and oxygen atoms in total. The van der Waals surface area contributed by atoms with Crippen LogP contribution < -0.4 is 5.32 Å². The quantitative estimate of drug-likeness (QED) is 0.902. The molecule has 3 amide bonds. The van der Waals surface area contributed by atoms with E-state index in [1.165, 1.54) is 5.56 Å². The second kappa shape index (κ2) is 8.18. The van der Waals surface area contributed by atoms with Crippen LogP contribution >= 0.6 is 0 Å². The van der Waals surface area contributed by atoms with Crippen LogP contribution in [-0.4, -0.2) is 48.4 Å². The Morgan fingerprint density at radius 2 is 2.00 bits per heavy atom. The first-order valence-electron chi connectivity index (χ1n) is 8.74. The molecule has 1 fully saturated rings. The molecular weight excluding hydrogens is 302 g/mol. The summed E-state index contributed by atoms with van der Waals surface area (Å²) in [5, 5.41) is 3.12. The van der Waals surface area contributed by atoms with Gasteiger partial charge in [0.25, 0.3) is 0 Å². The monoisotopic (exact) mass is 331 g/mol. The van der Waals surface area contributed by atoms with Crippen molar-refractivity contribution in [3.8, 4) is 0 Å². The summed E-state index contributed by atoms with van der Waals surface area (Å²) in [6.45, 7) is 7.97. The third-order valence-corrected chi connectivity index (χ3v) is 4.80. The number of nitrogens with one attached hydrogen (secondary N) is 1. The van der Waals surface area contributed by atoms with Gasteiger partial charge in [0.15, 0.2) is 0 Å². The molecule has 132 valence electrons. The fourth-order valence-electron chi connectivity index (χ4n) is 3.22. The van der Waals surface area contributed by atoms with E-state index in [0.717, 1.165) is 31.5 Å². The Hall–Kier alpha value is -2.04. The number of rotatable bonds is 5. The first-order valence-corrected chi connectivity index (χ1v) is 8.74.